The molecule has 1 amide bonds. The van der Waals surface area contributed by atoms with E-state index in [-0.39, 0.29) is 11.9 Å². The van der Waals surface area contributed by atoms with E-state index in [1.54, 1.807) is 17.9 Å². The van der Waals surface area contributed by atoms with Crippen LogP contribution in [0.2, 0.25) is 0 Å². The zero-order valence-electron chi connectivity index (χ0n) is 13.4. The molecule has 24 heavy (non-hydrogen) atoms. The van der Waals surface area contributed by atoms with Gasteiger partial charge in [0.05, 0.1) is 17.3 Å². The Hall–Kier alpha value is -2.96. The SMILES string of the molecule is CNC(=O)C1CCCN1c1ncnc2c1cnn2-c1ccccc1. The Bertz CT molecular complexity index is 875. The number of nitrogens with zero attached hydrogens (tertiary/aromatic N) is 5. The Balaban J connectivity index is 1.81. The van der Waals surface area contributed by atoms with Crippen molar-refractivity contribution in [1.29, 1.82) is 0 Å². The number of anilines is 1. The van der Waals surface area contributed by atoms with E-state index in [0.717, 1.165) is 41.9 Å². The molecule has 0 spiro atoms. The predicted octanol–water partition coefficient (Wildman–Crippen LogP) is 1.53. The number of para-hydroxylation sites is 1. The van der Waals surface area contributed by atoms with Crippen LogP contribution >= 0.6 is 0 Å². The minimum atomic E-state index is -0.187. The fraction of sp³-hybridized carbons (Fsp3) is 0.294. The first-order chi connectivity index (χ1) is 11.8. The molecule has 1 unspecified atom stereocenters. The average molecular weight is 322 g/mol. The van der Waals surface area contributed by atoms with Gasteiger partial charge in [-0.1, -0.05) is 18.2 Å². The van der Waals surface area contributed by atoms with Crippen molar-refractivity contribution in [2.45, 2.75) is 18.9 Å². The molecular weight excluding hydrogens is 304 g/mol. The average Bonchev–Trinajstić information content (AvgIpc) is 3.28. The normalized spacial score (nSPS) is 17.4. The van der Waals surface area contributed by atoms with E-state index in [4.69, 9.17) is 0 Å². The van der Waals surface area contributed by atoms with Crippen LogP contribution in [-0.4, -0.2) is 45.3 Å². The summed E-state index contributed by atoms with van der Waals surface area (Å²) in [5, 5.41) is 8.07. The van der Waals surface area contributed by atoms with Gasteiger partial charge in [0, 0.05) is 13.6 Å². The van der Waals surface area contributed by atoms with E-state index < -0.39 is 0 Å². The summed E-state index contributed by atoms with van der Waals surface area (Å²) >= 11 is 0. The number of carbonyl (C=O) groups is 1. The summed E-state index contributed by atoms with van der Waals surface area (Å²) in [6.07, 6.45) is 5.11. The van der Waals surface area contributed by atoms with Gasteiger partial charge in [0.25, 0.3) is 0 Å². The summed E-state index contributed by atoms with van der Waals surface area (Å²) < 4.78 is 1.80. The van der Waals surface area contributed by atoms with Crippen LogP contribution in [0.3, 0.4) is 0 Å². The summed E-state index contributed by atoms with van der Waals surface area (Å²) in [6, 6.07) is 9.68. The lowest BCUT2D eigenvalue weighted by Crippen LogP contribution is -2.42. The summed E-state index contributed by atoms with van der Waals surface area (Å²) in [6.45, 7) is 0.806. The van der Waals surface area contributed by atoms with Crippen molar-refractivity contribution in [3.8, 4) is 5.69 Å². The molecule has 1 aliphatic heterocycles. The van der Waals surface area contributed by atoms with Gasteiger partial charge in [-0.05, 0) is 25.0 Å². The molecule has 0 aliphatic carbocycles. The van der Waals surface area contributed by atoms with Crippen molar-refractivity contribution < 1.29 is 4.79 Å². The molecule has 7 nitrogen and oxygen atoms in total. The first kappa shape index (κ1) is 14.6. The second kappa shape index (κ2) is 5.92. The quantitative estimate of drug-likeness (QED) is 0.791. The van der Waals surface area contributed by atoms with Gasteiger partial charge >= 0.3 is 0 Å². The van der Waals surface area contributed by atoms with Crippen molar-refractivity contribution in [3.63, 3.8) is 0 Å². The van der Waals surface area contributed by atoms with Crippen molar-refractivity contribution >= 4 is 22.8 Å². The van der Waals surface area contributed by atoms with Gasteiger partial charge in [-0.15, -0.1) is 0 Å². The highest BCUT2D eigenvalue weighted by Crippen LogP contribution is 2.30. The number of hydrogen-bond donors (Lipinski definition) is 1. The molecule has 122 valence electrons. The second-order valence-corrected chi connectivity index (χ2v) is 5.79. The van der Waals surface area contributed by atoms with Gasteiger partial charge < -0.3 is 10.2 Å². The first-order valence-electron chi connectivity index (χ1n) is 8.02. The van der Waals surface area contributed by atoms with Gasteiger partial charge in [-0.3, -0.25) is 4.79 Å². The summed E-state index contributed by atoms with van der Waals surface area (Å²) in [7, 11) is 1.67. The lowest BCUT2D eigenvalue weighted by molar-refractivity contribution is -0.121. The maximum absolute atomic E-state index is 12.1. The lowest BCUT2D eigenvalue weighted by Gasteiger charge is -2.24. The fourth-order valence-corrected chi connectivity index (χ4v) is 3.28. The fourth-order valence-electron chi connectivity index (χ4n) is 3.28. The van der Waals surface area contributed by atoms with E-state index in [1.807, 2.05) is 30.3 Å². The van der Waals surface area contributed by atoms with E-state index >= 15 is 0 Å². The van der Waals surface area contributed by atoms with Crippen LogP contribution in [0.4, 0.5) is 5.82 Å². The molecule has 1 aliphatic rings. The standard InChI is InChI=1S/C17H18N6O/c1-18-17(24)14-8-5-9-22(14)15-13-10-21-23(16(13)20-11-19-15)12-6-3-2-4-7-12/h2-4,6-7,10-11,14H,5,8-9H2,1H3,(H,18,24). The molecular formula is C17H18N6O. The van der Waals surface area contributed by atoms with E-state index in [1.165, 1.54) is 6.33 Å². The molecule has 0 radical (unpaired) electrons. The molecule has 1 fully saturated rings. The Kier molecular flexibility index (Phi) is 3.60. The molecule has 4 rings (SSSR count). The third-order valence-corrected chi connectivity index (χ3v) is 4.42. The van der Waals surface area contributed by atoms with Crippen LogP contribution in [0.1, 0.15) is 12.8 Å². The number of likely N-dealkylation sites (N-methyl/N-ethyl adjacent to an activating group) is 1. The summed E-state index contributed by atoms with van der Waals surface area (Å²) in [5.74, 6) is 0.794. The van der Waals surface area contributed by atoms with Gasteiger partial charge in [-0.25, -0.2) is 14.6 Å². The molecule has 0 bridgehead atoms. The predicted molar refractivity (Wildman–Crippen MR) is 91.1 cm³/mol. The van der Waals surface area contributed by atoms with Crippen LogP contribution in [0.25, 0.3) is 16.7 Å². The molecule has 3 aromatic rings. The van der Waals surface area contributed by atoms with Crippen LogP contribution in [0.5, 0.6) is 0 Å². The van der Waals surface area contributed by atoms with Crippen molar-refractivity contribution in [1.82, 2.24) is 25.1 Å². The molecule has 1 N–H and O–H groups in total. The Morgan fingerprint density at radius 1 is 1.25 bits per heavy atom. The number of rotatable bonds is 3. The van der Waals surface area contributed by atoms with Gasteiger partial charge in [0.15, 0.2) is 5.65 Å². The molecule has 1 aromatic carbocycles. The number of hydrogen-bond acceptors (Lipinski definition) is 5. The van der Waals surface area contributed by atoms with Crippen LogP contribution in [-0.2, 0) is 4.79 Å². The molecule has 7 heteroatoms. The number of nitrogens with one attached hydrogen (secondary N) is 1. The maximum Gasteiger partial charge on any atom is 0.242 e. The number of benzene rings is 1. The van der Waals surface area contributed by atoms with E-state index in [0.29, 0.717) is 0 Å². The van der Waals surface area contributed by atoms with Gasteiger partial charge in [-0.2, -0.15) is 5.10 Å². The highest BCUT2D eigenvalue weighted by Gasteiger charge is 2.32. The smallest absolute Gasteiger partial charge is 0.242 e. The number of fused-ring (bicyclic) bond motifs is 1. The Morgan fingerprint density at radius 2 is 2.08 bits per heavy atom. The number of carbonyl (C=O) groups excluding carboxylic acids is 1. The van der Waals surface area contributed by atoms with Crippen molar-refractivity contribution in [2.24, 2.45) is 0 Å². The number of amides is 1. The van der Waals surface area contributed by atoms with E-state index in [9.17, 15) is 4.79 Å². The van der Waals surface area contributed by atoms with E-state index in [2.05, 4.69) is 25.3 Å². The summed E-state index contributed by atoms with van der Waals surface area (Å²) in [5.41, 5.74) is 1.69. The highest BCUT2D eigenvalue weighted by atomic mass is 16.2. The van der Waals surface area contributed by atoms with Crippen LogP contribution in [0.15, 0.2) is 42.9 Å². The Labute approximate surface area is 139 Å². The minimum absolute atomic E-state index is 0.0229. The highest BCUT2D eigenvalue weighted by molar-refractivity contribution is 5.92. The zero-order chi connectivity index (χ0) is 16.5. The second-order valence-electron chi connectivity index (χ2n) is 5.79. The van der Waals surface area contributed by atoms with Crippen molar-refractivity contribution in [2.75, 3.05) is 18.5 Å². The monoisotopic (exact) mass is 322 g/mol. The van der Waals surface area contributed by atoms with Crippen LogP contribution in [0, 0.1) is 0 Å². The topological polar surface area (TPSA) is 75.9 Å². The third-order valence-electron chi connectivity index (χ3n) is 4.42. The maximum atomic E-state index is 12.1. The molecule has 1 saturated heterocycles. The van der Waals surface area contributed by atoms with Crippen molar-refractivity contribution in [3.05, 3.63) is 42.9 Å². The first-order valence-corrected chi connectivity index (χ1v) is 8.02. The number of aromatic nitrogens is 4. The Morgan fingerprint density at radius 3 is 2.88 bits per heavy atom. The molecule has 2 aromatic heterocycles. The minimum Gasteiger partial charge on any atom is -0.357 e. The third kappa shape index (κ3) is 2.29. The van der Waals surface area contributed by atoms with Gasteiger partial charge in [0.1, 0.15) is 18.2 Å². The van der Waals surface area contributed by atoms with Crippen LogP contribution < -0.4 is 10.2 Å². The zero-order valence-corrected chi connectivity index (χ0v) is 13.4. The molecule has 1 atom stereocenters. The van der Waals surface area contributed by atoms with Gasteiger partial charge in [0.2, 0.25) is 5.91 Å². The molecule has 0 saturated carbocycles. The summed E-state index contributed by atoms with van der Waals surface area (Å²) in [4.78, 5) is 23.0. The molecule has 3 heterocycles. The largest absolute Gasteiger partial charge is 0.357 e. The lowest BCUT2D eigenvalue weighted by atomic mass is 10.2.